The minimum absolute atomic E-state index is 0.169. The predicted molar refractivity (Wildman–Crippen MR) is 111 cm³/mol. The van der Waals surface area contributed by atoms with E-state index in [1.54, 1.807) is 24.3 Å². The van der Waals surface area contributed by atoms with Crippen molar-refractivity contribution in [3.8, 4) is 6.07 Å². The summed E-state index contributed by atoms with van der Waals surface area (Å²) in [7, 11) is -3.50. The van der Waals surface area contributed by atoms with Gasteiger partial charge in [0.15, 0.2) is 15.7 Å². The second-order valence-corrected chi connectivity index (χ2v) is 9.10. The Balaban J connectivity index is 1.59. The SMILES string of the molecule is N#Cc1cccc(CS(=O)(=O)Cc2cc(N)nc(C3=Cc4cc[nH]c4CC3)n2)c1. The Morgan fingerprint density at radius 3 is 2.83 bits per heavy atom. The Hall–Kier alpha value is -3.44. The number of aromatic nitrogens is 3. The van der Waals surface area contributed by atoms with Crippen LogP contribution in [0.1, 0.15) is 40.3 Å². The van der Waals surface area contributed by atoms with Gasteiger partial charge in [-0.25, -0.2) is 18.4 Å². The first kappa shape index (κ1) is 18.9. The van der Waals surface area contributed by atoms with Crippen molar-refractivity contribution in [2.45, 2.75) is 24.3 Å². The number of nitrogens with one attached hydrogen (secondary N) is 1. The molecule has 0 spiro atoms. The Morgan fingerprint density at radius 2 is 2.00 bits per heavy atom. The molecule has 0 radical (unpaired) electrons. The van der Waals surface area contributed by atoms with Gasteiger partial charge in [0.25, 0.3) is 0 Å². The van der Waals surface area contributed by atoms with Gasteiger partial charge in [-0.05, 0) is 53.8 Å². The Morgan fingerprint density at radius 1 is 1.14 bits per heavy atom. The van der Waals surface area contributed by atoms with Gasteiger partial charge in [-0.2, -0.15) is 5.26 Å². The summed E-state index contributed by atoms with van der Waals surface area (Å²) in [5, 5.41) is 8.99. The van der Waals surface area contributed by atoms with E-state index < -0.39 is 9.84 Å². The monoisotopic (exact) mass is 405 g/mol. The largest absolute Gasteiger partial charge is 0.384 e. The number of aromatic amines is 1. The van der Waals surface area contributed by atoms with Gasteiger partial charge < -0.3 is 10.7 Å². The number of sulfone groups is 1. The van der Waals surface area contributed by atoms with Crippen LogP contribution in [-0.4, -0.2) is 23.4 Å². The molecule has 1 aliphatic carbocycles. The van der Waals surface area contributed by atoms with Crippen LogP contribution in [0.2, 0.25) is 0 Å². The molecule has 1 aromatic carbocycles. The van der Waals surface area contributed by atoms with E-state index >= 15 is 0 Å². The first-order valence-electron chi connectivity index (χ1n) is 9.12. The molecule has 7 nitrogen and oxygen atoms in total. The number of benzene rings is 1. The molecular weight excluding hydrogens is 386 g/mol. The molecule has 0 unspecified atom stereocenters. The second-order valence-electron chi connectivity index (χ2n) is 7.03. The highest BCUT2D eigenvalue weighted by atomic mass is 32.2. The highest BCUT2D eigenvalue weighted by Gasteiger charge is 2.19. The van der Waals surface area contributed by atoms with Gasteiger partial charge in [0, 0.05) is 18.0 Å². The fourth-order valence-corrected chi connectivity index (χ4v) is 4.85. The maximum atomic E-state index is 12.7. The van der Waals surface area contributed by atoms with Crippen molar-refractivity contribution < 1.29 is 8.42 Å². The first-order chi connectivity index (χ1) is 13.9. The van der Waals surface area contributed by atoms with Gasteiger partial charge >= 0.3 is 0 Å². The number of H-pyrrole nitrogens is 1. The molecule has 3 N–H and O–H groups in total. The van der Waals surface area contributed by atoms with E-state index in [0.29, 0.717) is 22.6 Å². The van der Waals surface area contributed by atoms with E-state index in [-0.39, 0.29) is 17.3 Å². The van der Waals surface area contributed by atoms with Crippen LogP contribution >= 0.6 is 0 Å². The zero-order valence-electron chi connectivity index (χ0n) is 15.6. The summed E-state index contributed by atoms with van der Waals surface area (Å²) in [6, 6.07) is 12.1. The molecule has 3 aromatic rings. The number of nitrogen functional groups attached to an aromatic ring is 1. The van der Waals surface area contributed by atoms with Crippen molar-refractivity contribution in [1.29, 1.82) is 5.26 Å². The normalized spacial score (nSPS) is 13.4. The van der Waals surface area contributed by atoms with Crippen LogP contribution in [-0.2, 0) is 27.8 Å². The van der Waals surface area contributed by atoms with Gasteiger partial charge in [-0.3, -0.25) is 0 Å². The number of nitriles is 1. The van der Waals surface area contributed by atoms with Crippen molar-refractivity contribution in [2.75, 3.05) is 5.73 Å². The third kappa shape index (κ3) is 4.36. The van der Waals surface area contributed by atoms with Gasteiger partial charge in [0.05, 0.1) is 28.8 Å². The molecule has 0 amide bonds. The van der Waals surface area contributed by atoms with Crippen LogP contribution in [0.4, 0.5) is 5.82 Å². The van der Waals surface area contributed by atoms with Crippen molar-refractivity contribution in [3.05, 3.63) is 76.5 Å². The van der Waals surface area contributed by atoms with E-state index in [4.69, 9.17) is 11.0 Å². The summed E-state index contributed by atoms with van der Waals surface area (Å²) in [5.74, 6) is 0.296. The summed E-state index contributed by atoms with van der Waals surface area (Å²) in [5.41, 5.74) is 10.5. The average molecular weight is 405 g/mol. The summed E-state index contributed by atoms with van der Waals surface area (Å²) in [6.45, 7) is 0. The number of anilines is 1. The van der Waals surface area contributed by atoms with E-state index in [1.807, 2.05) is 24.4 Å². The first-order valence-corrected chi connectivity index (χ1v) is 10.9. The fraction of sp³-hybridized carbons (Fsp3) is 0.190. The smallest absolute Gasteiger partial charge is 0.160 e. The lowest BCUT2D eigenvalue weighted by Crippen LogP contribution is -2.12. The lowest BCUT2D eigenvalue weighted by Gasteiger charge is -2.14. The Bertz CT molecular complexity index is 1250. The lowest BCUT2D eigenvalue weighted by molar-refractivity contribution is 0.593. The average Bonchev–Trinajstić information content (AvgIpc) is 3.14. The van der Waals surface area contributed by atoms with Crippen LogP contribution < -0.4 is 5.73 Å². The molecule has 0 saturated carbocycles. The molecule has 8 heteroatoms. The number of fused-ring (bicyclic) bond motifs is 1. The summed E-state index contributed by atoms with van der Waals surface area (Å²) < 4.78 is 25.4. The van der Waals surface area contributed by atoms with Gasteiger partial charge in [-0.15, -0.1) is 0 Å². The maximum absolute atomic E-state index is 12.7. The molecule has 0 bridgehead atoms. The number of nitrogens with two attached hydrogens (primary N) is 1. The summed E-state index contributed by atoms with van der Waals surface area (Å²) in [4.78, 5) is 12.0. The quantitative estimate of drug-likeness (QED) is 0.672. The molecule has 29 heavy (non-hydrogen) atoms. The van der Waals surface area contributed by atoms with Crippen LogP contribution in [0.25, 0.3) is 11.6 Å². The lowest BCUT2D eigenvalue weighted by atomic mass is 9.97. The molecule has 0 atom stereocenters. The fourth-order valence-electron chi connectivity index (χ4n) is 3.46. The zero-order chi connectivity index (χ0) is 20.4. The molecule has 146 valence electrons. The van der Waals surface area contributed by atoms with Crippen LogP contribution in [0.15, 0.2) is 42.6 Å². The third-order valence-corrected chi connectivity index (χ3v) is 6.25. The number of hydrogen-bond donors (Lipinski definition) is 2. The van der Waals surface area contributed by atoms with Crippen LogP contribution in [0, 0.1) is 11.3 Å². The van der Waals surface area contributed by atoms with Crippen molar-refractivity contribution in [2.24, 2.45) is 0 Å². The van der Waals surface area contributed by atoms with E-state index in [0.717, 1.165) is 24.0 Å². The van der Waals surface area contributed by atoms with Crippen LogP contribution in [0.3, 0.4) is 0 Å². The molecule has 0 saturated heterocycles. The highest BCUT2D eigenvalue weighted by Crippen LogP contribution is 2.28. The van der Waals surface area contributed by atoms with E-state index in [1.165, 1.54) is 11.8 Å². The number of hydrogen-bond acceptors (Lipinski definition) is 6. The minimum Gasteiger partial charge on any atom is -0.384 e. The van der Waals surface area contributed by atoms with E-state index in [9.17, 15) is 8.42 Å². The van der Waals surface area contributed by atoms with Crippen molar-refractivity contribution in [3.63, 3.8) is 0 Å². The van der Waals surface area contributed by atoms with Gasteiger partial charge in [0.2, 0.25) is 0 Å². The standard InChI is InChI=1S/C21H19N5O2S/c22-11-14-2-1-3-15(8-14)12-29(27,28)13-18-10-20(23)26-21(25-18)17-4-5-19-16(9-17)6-7-24-19/h1-3,6-10,24H,4-5,12-13H2,(H2,23,25,26). The molecule has 2 aromatic heterocycles. The number of rotatable bonds is 5. The maximum Gasteiger partial charge on any atom is 0.160 e. The molecule has 0 aliphatic heterocycles. The molecule has 2 heterocycles. The minimum atomic E-state index is -3.50. The molecule has 0 fully saturated rings. The van der Waals surface area contributed by atoms with Crippen molar-refractivity contribution in [1.82, 2.24) is 15.0 Å². The summed E-state index contributed by atoms with van der Waals surface area (Å²) in [6.07, 6.45) is 5.50. The number of nitrogens with zero attached hydrogens (tertiary/aromatic N) is 3. The second kappa shape index (κ2) is 7.53. The zero-order valence-corrected chi connectivity index (χ0v) is 16.4. The number of aryl methyl sites for hydroxylation is 1. The van der Waals surface area contributed by atoms with Gasteiger partial charge in [-0.1, -0.05) is 12.1 Å². The molecule has 1 aliphatic rings. The Labute approximate surface area is 168 Å². The van der Waals surface area contributed by atoms with Gasteiger partial charge in [0.1, 0.15) is 5.82 Å². The Kier molecular flexibility index (Phi) is 4.91. The topological polar surface area (TPSA) is 126 Å². The van der Waals surface area contributed by atoms with E-state index in [2.05, 4.69) is 15.0 Å². The molecule has 4 rings (SSSR count). The number of allylic oxidation sites excluding steroid dienone is 1. The van der Waals surface area contributed by atoms with Crippen LogP contribution in [0.5, 0.6) is 0 Å². The highest BCUT2D eigenvalue weighted by molar-refractivity contribution is 7.89. The predicted octanol–water partition coefficient (Wildman–Crippen LogP) is 2.86. The van der Waals surface area contributed by atoms with Crippen molar-refractivity contribution >= 4 is 27.3 Å². The summed E-state index contributed by atoms with van der Waals surface area (Å²) >= 11 is 0. The molecular formula is C21H19N5O2S. The third-order valence-electron chi connectivity index (χ3n) is 4.74.